The SMILES string of the molecule is CSCCC1NC(=O)N(CC(=O)Nc2c(Cl)cc(Cl)cc2Cl)C1=O. The molecule has 1 atom stereocenters. The van der Waals surface area contributed by atoms with Gasteiger partial charge in [0.1, 0.15) is 12.6 Å². The number of rotatable bonds is 6. The van der Waals surface area contributed by atoms with E-state index < -0.39 is 30.4 Å². The Bertz CT molecular complexity index is 663. The van der Waals surface area contributed by atoms with Gasteiger partial charge in [0.05, 0.1) is 15.7 Å². The highest BCUT2D eigenvalue weighted by Gasteiger charge is 2.38. The van der Waals surface area contributed by atoms with E-state index in [0.29, 0.717) is 11.4 Å². The number of benzene rings is 1. The number of nitrogens with one attached hydrogen (secondary N) is 2. The number of urea groups is 1. The van der Waals surface area contributed by atoms with Crippen LogP contribution in [0.1, 0.15) is 6.42 Å². The van der Waals surface area contributed by atoms with Crippen LogP contribution in [0.2, 0.25) is 15.1 Å². The van der Waals surface area contributed by atoms with Crippen LogP contribution in [0.25, 0.3) is 0 Å². The van der Waals surface area contributed by atoms with Crippen molar-refractivity contribution < 1.29 is 14.4 Å². The number of hydrogen-bond donors (Lipinski definition) is 2. The second-order valence-corrected chi connectivity index (χ2v) is 7.24. The lowest BCUT2D eigenvalue weighted by Crippen LogP contribution is -2.38. The van der Waals surface area contributed by atoms with E-state index in [4.69, 9.17) is 34.8 Å². The minimum absolute atomic E-state index is 0.163. The molecule has 4 amide bonds. The molecule has 0 aromatic heterocycles. The third kappa shape index (κ3) is 4.47. The van der Waals surface area contributed by atoms with Crippen LogP contribution in [0.15, 0.2) is 12.1 Å². The third-order valence-electron chi connectivity index (χ3n) is 3.29. The standard InChI is InChI=1S/C14H14Cl3N3O3S/c1-24-3-2-10-13(22)20(14(23)18-10)6-11(21)19-12-8(16)4-7(15)5-9(12)17/h4-5,10H,2-3,6H2,1H3,(H,18,23)(H,19,21). The minimum atomic E-state index is -0.597. The van der Waals surface area contributed by atoms with Crippen LogP contribution in [-0.2, 0) is 9.59 Å². The summed E-state index contributed by atoms with van der Waals surface area (Å²) in [6.07, 6.45) is 2.42. The summed E-state index contributed by atoms with van der Waals surface area (Å²) in [5, 5.41) is 5.71. The van der Waals surface area contributed by atoms with Gasteiger partial charge in [-0.3, -0.25) is 14.5 Å². The second-order valence-electron chi connectivity index (χ2n) is 5.00. The maximum absolute atomic E-state index is 12.2. The van der Waals surface area contributed by atoms with Gasteiger partial charge in [0.25, 0.3) is 5.91 Å². The van der Waals surface area contributed by atoms with Gasteiger partial charge < -0.3 is 10.6 Å². The Morgan fingerprint density at radius 3 is 2.50 bits per heavy atom. The zero-order chi connectivity index (χ0) is 17.9. The number of amides is 4. The lowest BCUT2D eigenvalue weighted by molar-refractivity contribution is -0.130. The Morgan fingerprint density at radius 2 is 1.92 bits per heavy atom. The number of carbonyl (C=O) groups excluding carboxylic acids is 3. The molecule has 24 heavy (non-hydrogen) atoms. The Balaban J connectivity index is 2.02. The van der Waals surface area contributed by atoms with Crippen molar-refractivity contribution in [3.63, 3.8) is 0 Å². The summed E-state index contributed by atoms with van der Waals surface area (Å²) in [6.45, 7) is -0.421. The summed E-state index contributed by atoms with van der Waals surface area (Å²) in [4.78, 5) is 37.0. The summed E-state index contributed by atoms with van der Waals surface area (Å²) >= 11 is 19.3. The number of thioether (sulfide) groups is 1. The first-order valence-corrected chi connectivity index (χ1v) is 9.41. The van der Waals surface area contributed by atoms with Gasteiger partial charge in [0.15, 0.2) is 0 Å². The smallest absolute Gasteiger partial charge is 0.325 e. The number of halogens is 3. The normalized spacial score (nSPS) is 17.2. The first-order chi connectivity index (χ1) is 11.3. The van der Waals surface area contributed by atoms with Crippen molar-refractivity contribution in [3.8, 4) is 0 Å². The van der Waals surface area contributed by atoms with Crippen LogP contribution in [0.5, 0.6) is 0 Å². The average Bonchev–Trinajstić information content (AvgIpc) is 2.76. The molecule has 130 valence electrons. The quantitative estimate of drug-likeness (QED) is 0.706. The summed E-state index contributed by atoms with van der Waals surface area (Å²) in [5.41, 5.74) is 0.179. The van der Waals surface area contributed by atoms with E-state index >= 15 is 0 Å². The van der Waals surface area contributed by atoms with Gasteiger partial charge >= 0.3 is 6.03 Å². The molecule has 1 aromatic carbocycles. The van der Waals surface area contributed by atoms with Crippen LogP contribution in [0, 0.1) is 0 Å². The maximum Gasteiger partial charge on any atom is 0.325 e. The molecule has 2 rings (SSSR count). The molecule has 0 bridgehead atoms. The molecule has 6 nitrogen and oxygen atoms in total. The number of nitrogens with zero attached hydrogens (tertiary/aromatic N) is 1. The highest BCUT2D eigenvalue weighted by Crippen LogP contribution is 2.33. The van der Waals surface area contributed by atoms with E-state index in [1.165, 1.54) is 12.1 Å². The Hall–Kier alpha value is -1.15. The summed E-state index contributed by atoms with van der Waals surface area (Å²) in [6, 6.07) is 1.67. The molecule has 1 unspecified atom stereocenters. The Kier molecular flexibility index (Phi) is 6.62. The van der Waals surface area contributed by atoms with Crippen molar-refractivity contribution in [1.82, 2.24) is 10.2 Å². The molecule has 1 heterocycles. The molecule has 0 radical (unpaired) electrons. The summed E-state index contributed by atoms with van der Waals surface area (Å²) in [7, 11) is 0. The van der Waals surface area contributed by atoms with Gasteiger partial charge in [-0.25, -0.2) is 4.79 Å². The van der Waals surface area contributed by atoms with E-state index in [1.807, 2.05) is 6.26 Å². The second kappa shape index (κ2) is 8.29. The van der Waals surface area contributed by atoms with Crippen molar-refractivity contribution >= 4 is 70.1 Å². The van der Waals surface area contributed by atoms with Crippen molar-refractivity contribution in [2.45, 2.75) is 12.5 Å². The molecule has 0 saturated carbocycles. The van der Waals surface area contributed by atoms with Crippen LogP contribution < -0.4 is 10.6 Å². The number of hydrogen-bond acceptors (Lipinski definition) is 4. The monoisotopic (exact) mass is 409 g/mol. The molecule has 10 heteroatoms. The maximum atomic E-state index is 12.2. The Morgan fingerprint density at radius 1 is 1.29 bits per heavy atom. The van der Waals surface area contributed by atoms with E-state index in [2.05, 4.69) is 10.6 Å². The molecule has 1 aliphatic rings. The fourth-order valence-electron chi connectivity index (χ4n) is 2.14. The molecule has 1 fully saturated rings. The van der Waals surface area contributed by atoms with E-state index in [9.17, 15) is 14.4 Å². The lowest BCUT2D eigenvalue weighted by atomic mass is 10.2. The van der Waals surface area contributed by atoms with Gasteiger partial charge in [-0.1, -0.05) is 34.8 Å². The van der Waals surface area contributed by atoms with E-state index in [1.54, 1.807) is 11.8 Å². The first kappa shape index (κ1) is 19.2. The zero-order valence-corrected chi connectivity index (χ0v) is 15.7. The Labute approximate surface area is 158 Å². The van der Waals surface area contributed by atoms with Crippen molar-refractivity contribution in [3.05, 3.63) is 27.2 Å². The van der Waals surface area contributed by atoms with E-state index in [-0.39, 0.29) is 15.7 Å². The molecular formula is C14H14Cl3N3O3S. The zero-order valence-electron chi connectivity index (χ0n) is 12.6. The van der Waals surface area contributed by atoms with Crippen molar-refractivity contribution in [2.24, 2.45) is 0 Å². The fraction of sp³-hybridized carbons (Fsp3) is 0.357. The van der Waals surface area contributed by atoms with Crippen LogP contribution >= 0.6 is 46.6 Å². The number of carbonyl (C=O) groups is 3. The van der Waals surface area contributed by atoms with Crippen LogP contribution in [0.3, 0.4) is 0 Å². The van der Waals surface area contributed by atoms with Gasteiger partial charge in [-0.2, -0.15) is 11.8 Å². The van der Waals surface area contributed by atoms with Gasteiger partial charge in [-0.05, 0) is 30.6 Å². The molecular weight excluding hydrogens is 397 g/mol. The lowest BCUT2D eigenvalue weighted by Gasteiger charge is -2.14. The van der Waals surface area contributed by atoms with E-state index in [0.717, 1.165) is 10.7 Å². The third-order valence-corrected chi connectivity index (χ3v) is 4.75. The average molecular weight is 411 g/mol. The highest BCUT2D eigenvalue weighted by atomic mass is 35.5. The van der Waals surface area contributed by atoms with Crippen molar-refractivity contribution in [2.75, 3.05) is 23.9 Å². The fourth-order valence-corrected chi connectivity index (χ4v) is 3.53. The highest BCUT2D eigenvalue weighted by molar-refractivity contribution is 7.98. The molecule has 1 aliphatic heterocycles. The van der Waals surface area contributed by atoms with Crippen molar-refractivity contribution in [1.29, 1.82) is 0 Å². The molecule has 1 saturated heterocycles. The van der Waals surface area contributed by atoms with Crippen LogP contribution in [-0.4, -0.2) is 47.3 Å². The largest absolute Gasteiger partial charge is 0.326 e. The number of anilines is 1. The first-order valence-electron chi connectivity index (χ1n) is 6.88. The minimum Gasteiger partial charge on any atom is -0.326 e. The molecule has 0 aliphatic carbocycles. The number of imide groups is 1. The summed E-state index contributed by atoms with van der Waals surface area (Å²) in [5.74, 6) is -0.278. The van der Waals surface area contributed by atoms with Gasteiger partial charge in [0.2, 0.25) is 5.91 Å². The summed E-state index contributed by atoms with van der Waals surface area (Å²) < 4.78 is 0. The molecule has 0 spiro atoms. The predicted molar refractivity (Wildman–Crippen MR) is 97.1 cm³/mol. The van der Waals surface area contributed by atoms with Gasteiger partial charge in [-0.15, -0.1) is 0 Å². The van der Waals surface area contributed by atoms with Crippen LogP contribution in [0.4, 0.5) is 10.5 Å². The molecule has 2 N–H and O–H groups in total. The topological polar surface area (TPSA) is 78.5 Å². The predicted octanol–water partition coefficient (Wildman–Crippen LogP) is 3.26. The van der Waals surface area contributed by atoms with Gasteiger partial charge in [0, 0.05) is 5.02 Å². The molecule has 1 aromatic rings.